The molecule has 2 aliphatic rings. The summed E-state index contributed by atoms with van der Waals surface area (Å²) in [6, 6.07) is 6.54. The van der Waals surface area contributed by atoms with E-state index in [1.54, 1.807) is 12.1 Å². The van der Waals surface area contributed by atoms with Gasteiger partial charge in [0.1, 0.15) is 0 Å². The van der Waals surface area contributed by atoms with E-state index in [9.17, 15) is 8.78 Å². The van der Waals surface area contributed by atoms with Crippen molar-refractivity contribution in [3.63, 3.8) is 0 Å². The Hall–Kier alpha value is -2.08. The molecule has 0 bridgehead atoms. The highest BCUT2D eigenvalue weighted by Gasteiger charge is 2.29. The molecule has 2 fully saturated rings. The smallest absolute Gasteiger partial charge is 0.200 e. The maximum absolute atomic E-state index is 15.1. The average molecular weight is 521 g/mol. The third-order valence-electron chi connectivity index (χ3n) is 8.32. The SMILES string of the molecule is CCCCCOc1ccc(COC2CCC(c3ccc(C4CCC(C)CC4)c(F)c3F)CC2)c(F)c1F. The minimum absolute atomic E-state index is 0.0358. The van der Waals surface area contributed by atoms with Crippen LogP contribution in [0, 0.1) is 29.2 Å². The van der Waals surface area contributed by atoms with Gasteiger partial charge in [-0.3, -0.25) is 0 Å². The molecule has 0 heterocycles. The van der Waals surface area contributed by atoms with E-state index in [2.05, 4.69) is 13.8 Å². The summed E-state index contributed by atoms with van der Waals surface area (Å²) in [6.07, 6.45) is 9.29. The quantitative estimate of drug-likeness (QED) is 0.229. The fourth-order valence-corrected chi connectivity index (χ4v) is 5.86. The van der Waals surface area contributed by atoms with Crippen LogP contribution >= 0.6 is 0 Å². The van der Waals surface area contributed by atoms with Gasteiger partial charge in [0.05, 0.1) is 19.3 Å². The topological polar surface area (TPSA) is 18.5 Å². The Labute approximate surface area is 218 Å². The van der Waals surface area contributed by atoms with E-state index in [1.807, 2.05) is 0 Å². The van der Waals surface area contributed by atoms with Gasteiger partial charge >= 0.3 is 0 Å². The first-order valence-corrected chi connectivity index (χ1v) is 14.1. The third kappa shape index (κ3) is 6.87. The Kier molecular flexibility index (Phi) is 9.91. The maximum Gasteiger partial charge on any atom is 0.200 e. The van der Waals surface area contributed by atoms with E-state index in [0.29, 0.717) is 49.3 Å². The predicted molar refractivity (Wildman–Crippen MR) is 138 cm³/mol. The lowest BCUT2D eigenvalue weighted by Gasteiger charge is -2.30. The van der Waals surface area contributed by atoms with Crippen LogP contribution in [0.5, 0.6) is 5.75 Å². The van der Waals surface area contributed by atoms with Crippen molar-refractivity contribution in [3.8, 4) is 5.75 Å². The molecule has 0 atom stereocenters. The molecule has 2 saturated carbocycles. The summed E-state index contributed by atoms with van der Waals surface area (Å²) < 4.78 is 70.3. The van der Waals surface area contributed by atoms with Crippen molar-refractivity contribution in [3.05, 3.63) is 64.2 Å². The Morgan fingerprint density at radius 2 is 1.30 bits per heavy atom. The van der Waals surface area contributed by atoms with Crippen molar-refractivity contribution in [1.82, 2.24) is 0 Å². The predicted octanol–water partition coefficient (Wildman–Crippen LogP) is 9.35. The van der Waals surface area contributed by atoms with Gasteiger partial charge in [0.2, 0.25) is 5.82 Å². The van der Waals surface area contributed by atoms with E-state index in [4.69, 9.17) is 9.47 Å². The van der Waals surface area contributed by atoms with Crippen LogP contribution in [-0.2, 0) is 11.3 Å². The Morgan fingerprint density at radius 3 is 1.89 bits per heavy atom. The van der Waals surface area contributed by atoms with Crippen molar-refractivity contribution in [2.75, 3.05) is 6.61 Å². The maximum atomic E-state index is 15.1. The lowest BCUT2D eigenvalue weighted by molar-refractivity contribution is 0.0116. The van der Waals surface area contributed by atoms with Gasteiger partial charge in [0.15, 0.2) is 23.2 Å². The molecule has 0 aliphatic heterocycles. The molecule has 0 spiro atoms. The van der Waals surface area contributed by atoms with Crippen LogP contribution < -0.4 is 4.74 Å². The van der Waals surface area contributed by atoms with Crippen LogP contribution in [0.3, 0.4) is 0 Å². The molecule has 2 nitrogen and oxygen atoms in total. The Morgan fingerprint density at radius 1 is 0.703 bits per heavy atom. The highest BCUT2D eigenvalue weighted by molar-refractivity contribution is 5.32. The fraction of sp³-hybridized carbons (Fsp3) is 0.613. The molecule has 0 N–H and O–H groups in total. The largest absolute Gasteiger partial charge is 0.490 e. The second-order valence-corrected chi connectivity index (χ2v) is 11.0. The standard InChI is InChI=1S/C31H40F4O2/c1-3-4-5-18-36-27-17-12-23(28(32)31(27)35)19-37-24-13-10-22(11-14-24)26-16-15-25(29(33)30(26)34)21-8-6-20(2)7-9-21/h12,15-17,20-22,24H,3-11,13-14,18-19H2,1-2H3. The molecular formula is C31H40F4O2. The van der Waals surface area contributed by atoms with Gasteiger partial charge in [0.25, 0.3) is 0 Å². The van der Waals surface area contributed by atoms with Gasteiger partial charge in [-0.2, -0.15) is 4.39 Å². The number of hydrogen-bond acceptors (Lipinski definition) is 2. The van der Waals surface area contributed by atoms with Crippen molar-refractivity contribution in [2.45, 2.75) is 109 Å². The number of benzene rings is 2. The third-order valence-corrected chi connectivity index (χ3v) is 8.32. The zero-order valence-corrected chi connectivity index (χ0v) is 22.1. The number of hydrogen-bond donors (Lipinski definition) is 0. The second kappa shape index (κ2) is 13.1. The molecule has 37 heavy (non-hydrogen) atoms. The Bertz CT molecular complexity index is 1020. The van der Waals surface area contributed by atoms with Crippen molar-refractivity contribution in [1.29, 1.82) is 0 Å². The minimum Gasteiger partial charge on any atom is -0.490 e. The van der Waals surface area contributed by atoms with Gasteiger partial charge < -0.3 is 9.47 Å². The van der Waals surface area contributed by atoms with Crippen LogP contribution in [0.15, 0.2) is 24.3 Å². The summed E-state index contributed by atoms with van der Waals surface area (Å²) in [5.74, 6) is -2.66. The van der Waals surface area contributed by atoms with Crippen LogP contribution in [0.4, 0.5) is 17.6 Å². The second-order valence-electron chi connectivity index (χ2n) is 11.0. The first kappa shape index (κ1) is 27.9. The summed E-state index contributed by atoms with van der Waals surface area (Å²) in [7, 11) is 0. The van der Waals surface area contributed by atoms with Crippen LogP contribution in [-0.4, -0.2) is 12.7 Å². The molecule has 0 saturated heterocycles. The van der Waals surface area contributed by atoms with Crippen molar-refractivity contribution in [2.24, 2.45) is 5.92 Å². The summed E-state index contributed by atoms with van der Waals surface area (Å²) in [5, 5.41) is 0. The zero-order chi connectivity index (χ0) is 26.4. The number of unbranched alkanes of at least 4 members (excludes halogenated alkanes) is 2. The molecule has 4 rings (SSSR count). The summed E-state index contributed by atoms with van der Waals surface area (Å²) in [5.41, 5.74) is 1.13. The molecule has 0 radical (unpaired) electrons. The number of rotatable bonds is 10. The molecule has 0 unspecified atom stereocenters. The summed E-state index contributed by atoms with van der Waals surface area (Å²) >= 11 is 0. The number of ether oxygens (including phenoxy) is 2. The van der Waals surface area contributed by atoms with Crippen LogP contribution in [0.1, 0.15) is 113 Å². The zero-order valence-electron chi connectivity index (χ0n) is 22.1. The monoisotopic (exact) mass is 520 g/mol. The van der Waals surface area contributed by atoms with Crippen LogP contribution in [0.25, 0.3) is 0 Å². The normalized spacial score (nSPS) is 24.3. The summed E-state index contributed by atoms with van der Waals surface area (Å²) in [6.45, 7) is 4.60. The van der Waals surface area contributed by atoms with Gasteiger partial charge in [-0.15, -0.1) is 0 Å². The van der Waals surface area contributed by atoms with Gasteiger partial charge in [0, 0.05) is 5.56 Å². The molecule has 2 aromatic rings. The molecule has 0 amide bonds. The first-order chi connectivity index (χ1) is 17.9. The molecular weight excluding hydrogens is 480 g/mol. The van der Waals surface area contributed by atoms with Crippen LogP contribution in [0.2, 0.25) is 0 Å². The minimum atomic E-state index is -0.981. The van der Waals surface area contributed by atoms with Gasteiger partial charge in [-0.05, 0) is 86.0 Å². The van der Waals surface area contributed by atoms with Crippen molar-refractivity contribution >= 4 is 0 Å². The first-order valence-electron chi connectivity index (χ1n) is 14.1. The Balaban J connectivity index is 1.29. The van der Waals surface area contributed by atoms with E-state index < -0.39 is 23.3 Å². The van der Waals surface area contributed by atoms with E-state index in [1.165, 1.54) is 12.1 Å². The highest BCUT2D eigenvalue weighted by atomic mass is 19.2. The molecule has 204 valence electrons. The van der Waals surface area contributed by atoms with E-state index in [-0.39, 0.29) is 35.9 Å². The fourth-order valence-electron chi connectivity index (χ4n) is 5.86. The van der Waals surface area contributed by atoms with Gasteiger partial charge in [-0.1, -0.05) is 51.7 Å². The molecule has 2 aromatic carbocycles. The lowest BCUT2D eigenvalue weighted by Crippen LogP contribution is -2.22. The molecule has 0 aromatic heterocycles. The van der Waals surface area contributed by atoms with Crippen molar-refractivity contribution < 1.29 is 27.0 Å². The molecule has 2 aliphatic carbocycles. The average Bonchev–Trinajstić information content (AvgIpc) is 2.91. The highest BCUT2D eigenvalue weighted by Crippen LogP contribution is 2.41. The lowest BCUT2D eigenvalue weighted by atomic mass is 9.77. The van der Waals surface area contributed by atoms with Gasteiger partial charge in [-0.25, -0.2) is 13.2 Å². The number of halogens is 4. The van der Waals surface area contributed by atoms with E-state index in [0.717, 1.165) is 44.9 Å². The van der Waals surface area contributed by atoms with E-state index >= 15 is 8.78 Å². The summed E-state index contributed by atoms with van der Waals surface area (Å²) in [4.78, 5) is 0. The molecule has 6 heteroatoms.